The monoisotopic (exact) mass is 209 g/mol. The van der Waals surface area contributed by atoms with E-state index in [1.165, 1.54) is 16.6 Å². The first-order valence-corrected chi connectivity index (χ1v) is 5.89. The van der Waals surface area contributed by atoms with Crippen LogP contribution >= 0.6 is 0 Å². The van der Waals surface area contributed by atoms with Crippen molar-refractivity contribution < 1.29 is 0 Å². The van der Waals surface area contributed by atoms with Crippen LogP contribution in [0.2, 0.25) is 0 Å². The van der Waals surface area contributed by atoms with Crippen LogP contribution in [0.1, 0.15) is 25.0 Å². The van der Waals surface area contributed by atoms with Crippen LogP contribution in [0.15, 0.2) is 36.4 Å². The van der Waals surface area contributed by atoms with Crippen LogP contribution in [0.4, 0.5) is 0 Å². The molecule has 2 rings (SSSR count). The number of aromatic nitrogens is 1. The van der Waals surface area contributed by atoms with Gasteiger partial charge in [-0.1, -0.05) is 0 Å². The Bertz CT molecular complexity index is 465. The van der Waals surface area contributed by atoms with Gasteiger partial charge in [-0.15, -0.1) is 0 Å². The molecule has 0 unspecified atom stereocenters. The first-order valence-electron chi connectivity index (χ1n) is 5.89. The summed E-state index contributed by atoms with van der Waals surface area (Å²) in [5.41, 5.74) is 5.16. The van der Waals surface area contributed by atoms with Crippen molar-refractivity contribution in [1.82, 2.24) is 4.98 Å². The molecule has 80 valence electrons. The average Bonchev–Trinajstić information content (AvgIpc) is 2.38. The summed E-state index contributed by atoms with van der Waals surface area (Å²) in [5, 5.41) is 0. The standard InChI is InChI=1S/C14H16BN/c1-3-11-8-10-16-14(12(11)4-2)13-7-5-6-9-15-13/h5-10H,3-4H2,1-2H3. The van der Waals surface area contributed by atoms with E-state index in [1.807, 2.05) is 12.3 Å². The Balaban J connectivity index is 2.57. The molecule has 0 atom stereocenters. The van der Waals surface area contributed by atoms with E-state index in [1.54, 1.807) is 0 Å². The van der Waals surface area contributed by atoms with Crippen molar-refractivity contribution in [3.8, 4) is 11.2 Å². The summed E-state index contributed by atoms with van der Waals surface area (Å²) in [7, 11) is 0. The first kappa shape index (κ1) is 11.1. The SMILES string of the molecule is CCc1ccnc(-c2bcccc2)c1CC. The molecule has 1 nitrogen and oxygen atoms in total. The quantitative estimate of drug-likeness (QED) is 0.756. The molecule has 2 aromatic rings. The van der Waals surface area contributed by atoms with Crippen LogP contribution in [-0.2, 0) is 12.8 Å². The molecule has 0 aliphatic heterocycles. The van der Waals surface area contributed by atoms with Gasteiger partial charge in [0.25, 0.3) is 0 Å². The number of aryl methyl sites for hydroxylation is 1. The maximum atomic E-state index is 4.53. The summed E-state index contributed by atoms with van der Waals surface area (Å²) in [5.74, 6) is 2.06. The van der Waals surface area contributed by atoms with Crippen LogP contribution in [0.3, 0.4) is 0 Å². The van der Waals surface area contributed by atoms with Gasteiger partial charge in [-0.05, 0) is 0 Å². The second-order valence-electron chi connectivity index (χ2n) is 3.87. The molecule has 0 N–H and O–H groups in total. The summed E-state index contributed by atoms with van der Waals surface area (Å²) < 4.78 is 0. The Hall–Kier alpha value is -1.44. The van der Waals surface area contributed by atoms with Crippen molar-refractivity contribution in [3.63, 3.8) is 0 Å². The fourth-order valence-corrected chi connectivity index (χ4v) is 2.10. The summed E-state index contributed by atoms with van der Waals surface area (Å²) in [6.07, 6.45) is 4.03. The van der Waals surface area contributed by atoms with Crippen LogP contribution in [0.25, 0.3) is 11.2 Å². The fraction of sp³-hybridized carbons (Fsp3) is 0.286. The van der Waals surface area contributed by atoms with Crippen molar-refractivity contribution in [2.45, 2.75) is 26.7 Å². The first-order chi connectivity index (χ1) is 7.86. The molecule has 16 heavy (non-hydrogen) atoms. The van der Waals surface area contributed by atoms with Gasteiger partial charge in [0.2, 0.25) is 0 Å². The zero-order chi connectivity index (χ0) is 11.4. The van der Waals surface area contributed by atoms with Gasteiger partial charge in [0.1, 0.15) is 0 Å². The third-order valence-electron chi connectivity index (χ3n) is 2.93. The summed E-state index contributed by atoms with van der Waals surface area (Å²) >= 11 is 0. The number of pyridine rings is 1. The van der Waals surface area contributed by atoms with Crippen molar-refractivity contribution in [1.29, 1.82) is 0 Å². The number of hydrogen-bond acceptors (Lipinski definition) is 1. The third kappa shape index (κ3) is 2.06. The molecule has 0 aliphatic rings. The minimum atomic E-state index is 1.04. The molecule has 2 aromatic heterocycles. The van der Waals surface area contributed by atoms with E-state index in [4.69, 9.17) is 0 Å². The zero-order valence-corrected chi connectivity index (χ0v) is 9.90. The third-order valence-corrected chi connectivity index (χ3v) is 2.93. The Morgan fingerprint density at radius 1 is 1.12 bits per heavy atom. The van der Waals surface area contributed by atoms with E-state index >= 15 is 0 Å². The Morgan fingerprint density at radius 2 is 2.00 bits per heavy atom. The zero-order valence-electron chi connectivity index (χ0n) is 9.90. The predicted octanol–water partition coefficient (Wildman–Crippen LogP) is 3.21. The van der Waals surface area contributed by atoms with E-state index in [2.05, 4.69) is 49.9 Å². The van der Waals surface area contributed by atoms with E-state index in [0.29, 0.717) is 0 Å². The molecule has 0 bridgehead atoms. The Labute approximate surface area is 97.8 Å². The van der Waals surface area contributed by atoms with E-state index in [0.717, 1.165) is 18.5 Å². The second kappa shape index (κ2) is 5.06. The van der Waals surface area contributed by atoms with Crippen LogP contribution < -0.4 is 0 Å². The molecule has 0 aliphatic carbocycles. The molecule has 0 radical (unpaired) electrons. The van der Waals surface area contributed by atoms with Gasteiger partial charge in [-0.25, -0.2) is 0 Å². The average molecular weight is 209 g/mol. The predicted molar refractivity (Wildman–Crippen MR) is 69.8 cm³/mol. The van der Waals surface area contributed by atoms with Crippen molar-refractivity contribution in [2.24, 2.45) is 0 Å². The summed E-state index contributed by atoms with van der Waals surface area (Å²) in [6.45, 7) is 6.52. The molecule has 0 amide bonds. The molecular weight excluding hydrogens is 193 g/mol. The second-order valence-corrected chi connectivity index (χ2v) is 3.87. The van der Waals surface area contributed by atoms with Crippen molar-refractivity contribution in [3.05, 3.63) is 47.6 Å². The van der Waals surface area contributed by atoms with Crippen LogP contribution in [-0.4, -0.2) is 11.9 Å². The molecule has 0 aromatic carbocycles. The van der Waals surface area contributed by atoms with Gasteiger partial charge >= 0.3 is 97.3 Å². The molecule has 2 heteroatoms. The number of hydrogen-bond donors (Lipinski definition) is 0. The Kier molecular flexibility index (Phi) is 3.50. The summed E-state index contributed by atoms with van der Waals surface area (Å²) in [6, 6.07) is 8.36. The van der Waals surface area contributed by atoms with E-state index in [9.17, 15) is 0 Å². The van der Waals surface area contributed by atoms with Gasteiger partial charge in [0.05, 0.1) is 0 Å². The molecule has 0 saturated carbocycles. The van der Waals surface area contributed by atoms with Crippen LogP contribution in [0.5, 0.6) is 0 Å². The van der Waals surface area contributed by atoms with E-state index in [-0.39, 0.29) is 0 Å². The van der Waals surface area contributed by atoms with Crippen molar-refractivity contribution >= 4 is 6.91 Å². The van der Waals surface area contributed by atoms with E-state index < -0.39 is 0 Å². The summed E-state index contributed by atoms with van der Waals surface area (Å²) in [4.78, 5) is 4.53. The Morgan fingerprint density at radius 3 is 2.62 bits per heavy atom. The molecule has 0 saturated heterocycles. The minimum absolute atomic E-state index is 1.04. The number of nitrogens with zero attached hydrogens (tertiary/aromatic N) is 1. The fourth-order valence-electron chi connectivity index (χ4n) is 2.10. The molecular formula is C14H16BN. The maximum absolute atomic E-state index is 4.53. The topological polar surface area (TPSA) is 12.9 Å². The molecule has 0 spiro atoms. The van der Waals surface area contributed by atoms with Gasteiger partial charge in [0.15, 0.2) is 0 Å². The van der Waals surface area contributed by atoms with Crippen LogP contribution in [0, 0.1) is 0 Å². The molecule has 2 heterocycles. The van der Waals surface area contributed by atoms with Gasteiger partial charge < -0.3 is 0 Å². The van der Waals surface area contributed by atoms with Gasteiger partial charge in [-0.3, -0.25) is 0 Å². The normalized spacial score (nSPS) is 10.1. The number of rotatable bonds is 3. The van der Waals surface area contributed by atoms with Gasteiger partial charge in [-0.2, -0.15) is 0 Å². The molecule has 0 fully saturated rings. The van der Waals surface area contributed by atoms with Gasteiger partial charge in [0, 0.05) is 0 Å². The van der Waals surface area contributed by atoms with Crippen molar-refractivity contribution in [2.75, 3.05) is 0 Å².